The summed E-state index contributed by atoms with van der Waals surface area (Å²) in [5.41, 5.74) is 0.223. The Bertz CT molecular complexity index is 1090. The van der Waals surface area contributed by atoms with E-state index in [2.05, 4.69) is 5.32 Å². The van der Waals surface area contributed by atoms with E-state index in [0.29, 0.717) is 12.2 Å². The molecular weight excluding hydrogens is 468 g/mol. The molecule has 0 aliphatic carbocycles. The number of nitrogens with zero attached hydrogens (tertiary/aromatic N) is 1. The van der Waals surface area contributed by atoms with Crippen molar-refractivity contribution in [2.45, 2.75) is 82.4 Å². The van der Waals surface area contributed by atoms with Gasteiger partial charge < -0.3 is 33.7 Å². The van der Waals surface area contributed by atoms with Crippen molar-refractivity contribution < 1.29 is 38.0 Å². The first-order valence-corrected chi connectivity index (χ1v) is 12.6. The van der Waals surface area contributed by atoms with Gasteiger partial charge in [0.1, 0.15) is 23.9 Å². The molecule has 1 N–H and O–H groups in total. The van der Waals surface area contributed by atoms with E-state index in [1.54, 1.807) is 6.92 Å². The third-order valence-corrected chi connectivity index (χ3v) is 8.05. The van der Waals surface area contributed by atoms with Gasteiger partial charge >= 0.3 is 5.97 Å². The van der Waals surface area contributed by atoms with Gasteiger partial charge in [-0.2, -0.15) is 0 Å². The van der Waals surface area contributed by atoms with E-state index in [9.17, 15) is 9.59 Å². The first kappa shape index (κ1) is 24.3. The summed E-state index contributed by atoms with van der Waals surface area (Å²) < 4.78 is 37.0. The van der Waals surface area contributed by atoms with E-state index in [4.69, 9.17) is 28.4 Å². The number of para-hydroxylation sites is 1. The lowest BCUT2D eigenvalue weighted by Gasteiger charge is -2.41. The maximum absolute atomic E-state index is 13.7. The Morgan fingerprint density at radius 1 is 1.03 bits per heavy atom. The predicted octanol–water partition coefficient (Wildman–Crippen LogP) is 1.97. The fourth-order valence-electron chi connectivity index (χ4n) is 6.92. The molecule has 0 unspecified atom stereocenters. The number of hydrogen-bond donors (Lipinski definition) is 1. The minimum absolute atomic E-state index is 0.200. The lowest BCUT2D eigenvalue weighted by molar-refractivity contribution is -0.247. The number of hydrogen-bond acceptors (Lipinski definition) is 9. The Labute approximate surface area is 210 Å². The largest absolute Gasteiger partial charge is 0.466 e. The van der Waals surface area contributed by atoms with Crippen LogP contribution in [0.2, 0.25) is 0 Å². The van der Waals surface area contributed by atoms with Gasteiger partial charge in [-0.3, -0.25) is 14.5 Å². The van der Waals surface area contributed by atoms with Gasteiger partial charge in [0.25, 0.3) is 5.91 Å². The second kappa shape index (κ2) is 7.96. The summed E-state index contributed by atoms with van der Waals surface area (Å²) in [7, 11) is 1.87. The van der Waals surface area contributed by atoms with E-state index in [0.717, 1.165) is 5.56 Å². The third-order valence-electron chi connectivity index (χ3n) is 8.05. The lowest BCUT2D eigenvalue weighted by Crippen LogP contribution is -2.59. The van der Waals surface area contributed by atoms with Crippen molar-refractivity contribution in [3.8, 4) is 0 Å². The highest BCUT2D eigenvalue weighted by Crippen LogP contribution is 2.56. The van der Waals surface area contributed by atoms with Gasteiger partial charge in [0.2, 0.25) is 0 Å². The van der Waals surface area contributed by atoms with Crippen LogP contribution in [0.5, 0.6) is 0 Å². The predicted molar refractivity (Wildman–Crippen MR) is 126 cm³/mol. The Kier molecular flexibility index (Phi) is 5.36. The first-order chi connectivity index (χ1) is 17.0. The second-order valence-electron chi connectivity index (χ2n) is 11.2. The van der Waals surface area contributed by atoms with Crippen molar-refractivity contribution in [2.24, 2.45) is 11.8 Å². The minimum atomic E-state index is -1.23. The van der Waals surface area contributed by atoms with Crippen LogP contribution in [0.3, 0.4) is 0 Å². The van der Waals surface area contributed by atoms with Crippen LogP contribution in [0.25, 0.3) is 0 Å². The highest BCUT2D eigenvalue weighted by molar-refractivity contribution is 6.08. The van der Waals surface area contributed by atoms with Crippen LogP contribution in [0.15, 0.2) is 24.3 Å². The van der Waals surface area contributed by atoms with Crippen molar-refractivity contribution in [3.63, 3.8) is 0 Å². The summed E-state index contributed by atoms with van der Waals surface area (Å²) in [6.07, 6.45) is -2.76. The summed E-state index contributed by atoms with van der Waals surface area (Å²) in [6.45, 7) is 9.74. The Morgan fingerprint density at radius 2 is 1.67 bits per heavy atom. The van der Waals surface area contributed by atoms with Crippen LogP contribution in [0, 0.1) is 11.8 Å². The van der Waals surface area contributed by atoms with Gasteiger partial charge in [-0.05, 0) is 47.7 Å². The van der Waals surface area contributed by atoms with Crippen molar-refractivity contribution >= 4 is 17.6 Å². The van der Waals surface area contributed by atoms with E-state index in [1.165, 1.54) is 0 Å². The highest BCUT2D eigenvalue weighted by atomic mass is 16.9. The quantitative estimate of drug-likeness (QED) is 0.621. The molecule has 6 rings (SSSR count). The molecule has 1 amide bonds. The molecule has 196 valence electrons. The van der Waals surface area contributed by atoms with Crippen molar-refractivity contribution in [2.75, 3.05) is 25.5 Å². The number of amides is 1. The normalized spacial score (nSPS) is 42.2. The summed E-state index contributed by atoms with van der Waals surface area (Å²) in [5, 5.41) is 2.99. The maximum Gasteiger partial charge on any atom is 0.312 e. The fourth-order valence-corrected chi connectivity index (χ4v) is 6.92. The van der Waals surface area contributed by atoms with Crippen molar-refractivity contribution in [3.05, 3.63) is 29.8 Å². The average Bonchev–Trinajstić information content (AvgIpc) is 3.47. The molecule has 10 heteroatoms. The zero-order chi connectivity index (χ0) is 25.6. The number of fused-ring (bicyclic) bond motifs is 5. The summed E-state index contributed by atoms with van der Waals surface area (Å²) in [6, 6.07) is 7.49. The molecule has 5 heterocycles. The van der Waals surface area contributed by atoms with Crippen LogP contribution in [-0.2, 0) is 43.5 Å². The molecule has 4 saturated heterocycles. The van der Waals surface area contributed by atoms with Crippen molar-refractivity contribution in [1.82, 2.24) is 4.90 Å². The Morgan fingerprint density at radius 3 is 2.39 bits per heavy atom. The van der Waals surface area contributed by atoms with Crippen LogP contribution in [-0.4, -0.2) is 79.3 Å². The van der Waals surface area contributed by atoms with Crippen molar-refractivity contribution in [1.29, 1.82) is 0 Å². The second-order valence-corrected chi connectivity index (χ2v) is 11.2. The standard InChI is InChI=1S/C26H34N2O8/c1-7-31-21(29)16-13(12-28(6)26(16)14-10-8-9-11-15(14)27-23(26)30)17-18-19(34-24(2,3)33-18)20-22(32-17)36-25(4,5)35-20/h8-11,13,16-20,22H,7,12H2,1-6H3,(H,27,30)/t13-,16+,17+,18-,19-,20+,22+,26-/m0/s1. The lowest BCUT2D eigenvalue weighted by atomic mass is 9.72. The zero-order valence-corrected chi connectivity index (χ0v) is 21.5. The van der Waals surface area contributed by atoms with E-state index in [-0.39, 0.29) is 12.5 Å². The number of ether oxygens (including phenoxy) is 6. The number of likely N-dealkylation sites (tertiary alicyclic amines) is 1. The highest BCUT2D eigenvalue weighted by Gasteiger charge is 2.70. The average molecular weight is 503 g/mol. The van der Waals surface area contributed by atoms with E-state index >= 15 is 0 Å². The Hall–Kier alpha value is -2.08. The molecule has 1 aromatic rings. The molecule has 36 heavy (non-hydrogen) atoms. The molecular formula is C26H34N2O8. The van der Waals surface area contributed by atoms with Gasteiger partial charge in [-0.25, -0.2) is 0 Å². The minimum Gasteiger partial charge on any atom is -0.466 e. The number of benzene rings is 1. The van der Waals surface area contributed by atoms with Crippen LogP contribution >= 0.6 is 0 Å². The summed E-state index contributed by atoms with van der Waals surface area (Å²) in [5.74, 6) is -3.70. The number of carbonyl (C=O) groups is 2. The Balaban J connectivity index is 1.45. The third kappa shape index (κ3) is 3.32. The van der Waals surface area contributed by atoms with Gasteiger partial charge in [-0.1, -0.05) is 18.2 Å². The number of nitrogens with one attached hydrogen (secondary N) is 1. The number of carbonyl (C=O) groups excluding carboxylic acids is 2. The molecule has 5 aliphatic rings. The molecule has 1 spiro atoms. The smallest absolute Gasteiger partial charge is 0.312 e. The van der Waals surface area contributed by atoms with E-state index < -0.39 is 65.6 Å². The number of esters is 1. The molecule has 1 aromatic carbocycles. The maximum atomic E-state index is 13.7. The summed E-state index contributed by atoms with van der Waals surface area (Å²) in [4.78, 5) is 29.4. The molecule has 8 atom stereocenters. The zero-order valence-electron chi connectivity index (χ0n) is 21.5. The van der Waals surface area contributed by atoms with E-state index in [1.807, 2.05) is 63.9 Å². The molecule has 5 aliphatic heterocycles. The molecule has 10 nitrogen and oxygen atoms in total. The molecule has 4 fully saturated rings. The molecule has 0 radical (unpaired) electrons. The molecule has 0 saturated carbocycles. The summed E-state index contributed by atoms with van der Waals surface area (Å²) >= 11 is 0. The van der Waals surface area contributed by atoms with Gasteiger partial charge in [0.05, 0.1) is 18.6 Å². The topological polar surface area (TPSA) is 105 Å². The monoisotopic (exact) mass is 502 g/mol. The number of anilines is 1. The van der Waals surface area contributed by atoms with Gasteiger partial charge in [0, 0.05) is 23.7 Å². The van der Waals surface area contributed by atoms with Gasteiger partial charge in [0.15, 0.2) is 17.9 Å². The SMILES string of the molecule is CCOC(=O)[C@H]1[C@@H]([C@H]2O[C@@H]3OC(C)(C)O[C@@H]3[C@H]3OC(C)(C)O[C@H]32)CN(C)[C@]12C(=O)Nc1ccccc12. The first-order valence-electron chi connectivity index (χ1n) is 12.6. The number of likely N-dealkylation sites (N-methyl/N-ethyl adjacent to an activating group) is 1. The van der Waals surface area contributed by atoms with Crippen LogP contribution in [0.1, 0.15) is 40.2 Å². The fraction of sp³-hybridized carbons (Fsp3) is 0.692. The van der Waals surface area contributed by atoms with Crippen LogP contribution in [0.4, 0.5) is 5.69 Å². The molecule has 0 bridgehead atoms. The van der Waals surface area contributed by atoms with Crippen LogP contribution < -0.4 is 5.32 Å². The number of rotatable bonds is 3. The van der Waals surface area contributed by atoms with Gasteiger partial charge in [-0.15, -0.1) is 0 Å². The molecule has 0 aromatic heterocycles.